The molecule has 0 unspecified atom stereocenters. The number of hydrogen-bond donors (Lipinski definition) is 1. The summed E-state index contributed by atoms with van der Waals surface area (Å²) in [5, 5.41) is 8.20. The van der Waals surface area contributed by atoms with Crippen LogP contribution in [0.3, 0.4) is 0 Å². The van der Waals surface area contributed by atoms with Crippen molar-refractivity contribution in [2.24, 2.45) is 0 Å². The largest absolute Gasteiger partial charge is 0.396 e. The highest BCUT2D eigenvalue weighted by Gasteiger charge is 1.76. The Hall–Kier alpha value is -0.0400. The van der Waals surface area contributed by atoms with E-state index >= 15 is 0 Å². The average Bonchev–Trinajstić information content (AvgIpc) is 1.86. The van der Waals surface area contributed by atoms with E-state index in [4.69, 9.17) is 5.11 Å². The van der Waals surface area contributed by atoms with Crippen LogP contribution in [0.5, 0.6) is 0 Å². The van der Waals surface area contributed by atoms with E-state index in [1.54, 1.807) is 0 Å². The highest BCUT2D eigenvalue weighted by molar-refractivity contribution is 4.30. The zero-order valence-corrected chi connectivity index (χ0v) is 6.98. The van der Waals surface area contributed by atoms with Gasteiger partial charge in [0.25, 0.3) is 0 Å². The molecule has 1 heteroatoms. The van der Waals surface area contributed by atoms with Crippen LogP contribution in [0, 0.1) is 0 Å². The minimum Gasteiger partial charge on any atom is -0.396 e. The average molecular weight is 132 g/mol. The third kappa shape index (κ3) is 32.3. The fourth-order valence-corrected chi connectivity index (χ4v) is 0.362. The molecule has 58 valence electrons. The molecule has 0 aromatic heterocycles. The van der Waals surface area contributed by atoms with Crippen LogP contribution in [0.1, 0.15) is 46.5 Å². The molecule has 0 aliphatic rings. The Morgan fingerprint density at radius 1 is 1.00 bits per heavy atom. The minimum absolute atomic E-state index is 0.355. The summed E-state index contributed by atoms with van der Waals surface area (Å²) in [6, 6.07) is 0. The van der Waals surface area contributed by atoms with E-state index in [0.717, 1.165) is 12.8 Å². The van der Waals surface area contributed by atoms with Gasteiger partial charge < -0.3 is 5.11 Å². The number of hydrogen-bond acceptors (Lipinski definition) is 1. The first kappa shape index (κ1) is 11.7. The second kappa shape index (κ2) is 15.7. The molecule has 0 aliphatic heterocycles. The normalized spacial score (nSPS) is 8.00. The zero-order chi connectivity index (χ0) is 7.54. The second-order valence-electron chi connectivity index (χ2n) is 2.14. The Balaban J connectivity index is 0. The summed E-state index contributed by atoms with van der Waals surface area (Å²) in [5.41, 5.74) is 0. The molecule has 0 heterocycles. The Bertz CT molecular complexity index is 23.7. The summed E-state index contributed by atoms with van der Waals surface area (Å²) in [7, 11) is 0. The fraction of sp³-hybridized carbons (Fsp3) is 1.00. The molecule has 0 atom stereocenters. The van der Waals surface area contributed by atoms with Crippen LogP contribution in [0.4, 0.5) is 0 Å². The van der Waals surface area contributed by atoms with E-state index < -0.39 is 0 Å². The second-order valence-corrected chi connectivity index (χ2v) is 2.14. The summed E-state index contributed by atoms with van der Waals surface area (Å²) in [4.78, 5) is 0. The maximum absolute atomic E-state index is 8.20. The molecule has 0 spiro atoms. The van der Waals surface area contributed by atoms with Gasteiger partial charge >= 0.3 is 0 Å². The van der Waals surface area contributed by atoms with Gasteiger partial charge in [-0.1, -0.05) is 40.0 Å². The molecule has 0 amide bonds. The van der Waals surface area contributed by atoms with E-state index in [1.165, 1.54) is 12.8 Å². The Labute approximate surface area is 59.1 Å². The molecule has 9 heavy (non-hydrogen) atoms. The van der Waals surface area contributed by atoms with Gasteiger partial charge in [-0.2, -0.15) is 0 Å². The predicted octanol–water partition coefficient (Wildman–Crippen LogP) is 2.59. The standard InChI is InChI=1S/C5H12O.C3H8/c1-2-3-4-5-6;1-3-2/h6H,2-5H2,1H3;3H2,1-2H3. The van der Waals surface area contributed by atoms with Gasteiger partial charge in [-0.25, -0.2) is 0 Å². The van der Waals surface area contributed by atoms with E-state index in [-0.39, 0.29) is 0 Å². The van der Waals surface area contributed by atoms with Crippen LogP contribution >= 0.6 is 0 Å². The lowest BCUT2D eigenvalue weighted by Crippen LogP contribution is -1.78. The lowest BCUT2D eigenvalue weighted by Gasteiger charge is -1.85. The van der Waals surface area contributed by atoms with Crippen molar-refractivity contribution >= 4 is 0 Å². The molecule has 0 aliphatic carbocycles. The van der Waals surface area contributed by atoms with Gasteiger partial charge in [-0.15, -0.1) is 0 Å². The van der Waals surface area contributed by atoms with Crippen molar-refractivity contribution in [3.63, 3.8) is 0 Å². The lowest BCUT2D eigenvalue weighted by atomic mass is 10.3. The van der Waals surface area contributed by atoms with E-state index in [2.05, 4.69) is 20.8 Å². The highest BCUT2D eigenvalue weighted by Crippen LogP contribution is 1.89. The van der Waals surface area contributed by atoms with Crippen molar-refractivity contribution in [2.45, 2.75) is 46.5 Å². The third-order valence-electron chi connectivity index (χ3n) is 0.762. The van der Waals surface area contributed by atoms with E-state index in [1.807, 2.05) is 0 Å². The van der Waals surface area contributed by atoms with Crippen LogP contribution in [0.2, 0.25) is 0 Å². The fourth-order valence-electron chi connectivity index (χ4n) is 0.362. The molecular formula is C8H20O. The van der Waals surface area contributed by atoms with Gasteiger partial charge in [0.2, 0.25) is 0 Å². The Morgan fingerprint density at radius 3 is 1.56 bits per heavy atom. The summed E-state index contributed by atoms with van der Waals surface area (Å²) < 4.78 is 0. The first-order valence-electron chi connectivity index (χ1n) is 3.94. The van der Waals surface area contributed by atoms with Crippen LogP contribution in [-0.4, -0.2) is 11.7 Å². The quantitative estimate of drug-likeness (QED) is 0.585. The smallest absolute Gasteiger partial charge is 0.0431 e. The maximum Gasteiger partial charge on any atom is 0.0431 e. The summed E-state index contributed by atoms with van der Waals surface area (Å²) in [5.74, 6) is 0. The minimum atomic E-state index is 0.355. The lowest BCUT2D eigenvalue weighted by molar-refractivity contribution is 0.284. The molecule has 0 saturated carbocycles. The summed E-state index contributed by atoms with van der Waals surface area (Å²) in [6.45, 7) is 6.73. The third-order valence-corrected chi connectivity index (χ3v) is 0.762. The SMILES string of the molecule is CCC.CCCCCO. The molecule has 0 fully saturated rings. The van der Waals surface area contributed by atoms with Crippen LogP contribution < -0.4 is 0 Å². The maximum atomic E-state index is 8.20. The summed E-state index contributed by atoms with van der Waals surface area (Å²) in [6.07, 6.45) is 4.58. The van der Waals surface area contributed by atoms with Crippen molar-refractivity contribution < 1.29 is 5.11 Å². The van der Waals surface area contributed by atoms with Crippen molar-refractivity contribution in [1.29, 1.82) is 0 Å². The first-order chi connectivity index (χ1) is 4.33. The monoisotopic (exact) mass is 132 g/mol. The van der Waals surface area contributed by atoms with E-state index in [9.17, 15) is 0 Å². The van der Waals surface area contributed by atoms with Crippen LogP contribution in [-0.2, 0) is 0 Å². The molecule has 0 aromatic carbocycles. The first-order valence-corrected chi connectivity index (χ1v) is 3.94. The predicted molar refractivity (Wildman–Crippen MR) is 42.6 cm³/mol. The highest BCUT2D eigenvalue weighted by atomic mass is 16.2. The number of unbranched alkanes of at least 4 members (excludes halogenated alkanes) is 2. The van der Waals surface area contributed by atoms with Gasteiger partial charge in [0, 0.05) is 6.61 Å². The van der Waals surface area contributed by atoms with Gasteiger partial charge in [0.15, 0.2) is 0 Å². The van der Waals surface area contributed by atoms with E-state index in [0.29, 0.717) is 6.61 Å². The molecular weight excluding hydrogens is 112 g/mol. The molecule has 0 radical (unpaired) electrons. The number of aliphatic hydroxyl groups is 1. The van der Waals surface area contributed by atoms with Gasteiger partial charge in [0.1, 0.15) is 0 Å². The summed E-state index contributed by atoms with van der Waals surface area (Å²) >= 11 is 0. The van der Waals surface area contributed by atoms with Crippen LogP contribution in [0.25, 0.3) is 0 Å². The van der Waals surface area contributed by atoms with Crippen molar-refractivity contribution in [1.82, 2.24) is 0 Å². The topological polar surface area (TPSA) is 20.2 Å². The zero-order valence-electron chi connectivity index (χ0n) is 6.98. The molecule has 1 N–H and O–H groups in total. The van der Waals surface area contributed by atoms with Crippen molar-refractivity contribution in [2.75, 3.05) is 6.61 Å². The molecule has 0 aromatic rings. The van der Waals surface area contributed by atoms with Gasteiger partial charge in [-0.05, 0) is 6.42 Å². The number of rotatable bonds is 3. The Kier molecular flexibility index (Phi) is 20.4. The molecule has 0 rings (SSSR count). The molecule has 1 nitrogen and oxygen atoms in total. The molecule has 0 saturated heterocycles. The molecule has 0 bridgehead atoms. The van der Waals surface area contributed by atoms with Gasteiger partial charge in [-0.3, -0.25) is 0 Å². The van der Waals surface area contributed by atoms with Gasteiger partial charge in [0.05, 0.1) is 0 Å². The van der Waals surface area contributed by atoms with Crippen molar-refractivity contribution in [3.8, 4) is 0 Å². The number of aliphatic hydroxyl groups excluding tert-OH is 1. The van der Waals surface area contributed by atoms with Crippen molar-refractivity contribution in [3.05, 3.63) is 0 Å². The van der Waals surface area contributed by atoms with Crippen LogP contribution in [0.15, 0.2) is 0 Å². The Morgan fingerprint density at radius 2 is 1.44 bits per heavy atom.